The fraction of sp³-hybridized carbons (Fsp3) is 0.400. The Bertz CT molecular complexity index is 1070. The molecule has 0 amide bonds. The van der Waals surface area contributed by atoms with Gasteiger partial charge in [0.2, 0.25) is 0 Å². The number of allylic oxidation sites excluding steroid dienone is 1. The molecule has 4 rings (SSSR count). The number of pyridine rings is 1. The Balaban J connectivity index is 1.78. The third-order valence-corrected chi connectivity index (χ3v) is 6.74. The molecule has 0 saturated carbocycles. The van der Waals surface area contributed by atoms with Crippen LogP contribution in [0.2, 0.25) is 0 Å². The zero-order valence-corrected chi connectivity index (χ0v) is 20.1. The summed E-state index contributed by atoms with van der Waals surface area (Å²) in [5.41, 5.74) is 5.54. The molecule has 32 heavy (non-hydrogen) atoms. The molecule has 1 N–H and O–H groups in total. The molecule has 1 saturated heterocycles. The van der Waals surface area contributed by atoms with Gasteiger partial charge in [0.25, 0.3) is 0 Å². The van der Waals surface area contributed by atoms with Crippen molar-refractivity contribution in [1.29, 1.82) is 0 Å². The van der Waals surface area contributed by atoms with Crippen molar-refractivity contribution < 1.29 is 9.53 Å². The highest BCUT2D eigenvalue weighted by atomic mass is 32.1. The molecule has 2 aliphatic heterocycles. The minimum absolute atomic E-state index is 0.0540. The van der Waals surface area contributed by atoms with Crippen LogP contribution in [0, 0.1) is 0 Å². The van der Waals surface area contributed by atoms with Crippen molar-refractivity contribution in [3.63, 3.8) is 0 Å². The number of hydrogen-bond donors (Lipinski definition) is 1. The number of nitrogens with zero attached hydrogens (tertiary/aromatic N) is 3. The first-order chi connectivity index (χ1) is 15.2. The third kappa shape index (κ3) is 3.97. The van der Waals surface area contributed by atoms with Gasteiger partial charge < -0.3 is 19.9 Å². The molecule has 2 aliphatic rings. The Kier molecular flexibility index (Phi) is 5.95. The van der Waals surface area contributed by atoms with Gasteiger partial charge in [0.05, 0.1) is 29.9 Å². The molecule has 0 spiro atoms. The van der Waals surface area contributed by atoms with E-state index in [4.69, 9.17) is 17.0 Å². The number of fused-ring (bicyclic) bond motifs is 1. The molecule has 2 atom stereocenters. The molecule has 0 unspecified atom stereocenters. The van der Waals surface area contributed by atoms with Crippen LogP contribution in [0.5, 0.6) is 0 Å². The maximum Gasteiger partial charge on any atom is 0.325 e. The van der Waals surface area contributed by atoms with E-state index in [2.05, 4.69) is 67.3 Å². The Hall–Kier alpha value is -2.93. The first-order valence-corrected chi connectivity index (χ1v) is 11.3. The van der Waals surface area contributed by atoms with Gasteiger partial charge in [0.1, 0.15) is 6.54 Å². The number of benzene rings is 1. The van der Waals surface area contributed by atoms with E-state index < -0.39 is 0 Å². The standard InChI is InChI=1S/C25H30N4O2S/c1-6-31-21(30)15-29-23(22(27-24(29)32)19-9-7-8-12-26-19)17-10-11-20-18(13-17)16(2)14-25(3,4)28(20)5/h7-14,22-23H,6,15H2,1-5H3,(H,27,32)/t22-,23-/m0/s1. The van der Waals surface area contributed by atoms with E-state index in [0.717, 1.165) is 11.3 Å². The predicted molar refractivity (Wildman–Crippen MR) is 131 cm³/mol. The van der Waals surface area contributed by atoms with Crippen LogP contribution in [0.4, 0.5) is 5.69 Å². The van der Waals surface area contributed by atoms with Crippen LogP contribution in [0.1, 0.15) is 56.6 Å². The maximum absolute atomic E-state index is 12.4. The van der Waals surface area contributed by atoms with Crippen molar-refractivity contribution in [2.45, 2.75) is 45.3 Å². The van der Waals surface area contributed by atoms with Crippen molar-refractivity contribution >= 4 is 34.6 Å². The number of nitrogens with one attached hydrogen (secondary N) is 1. The summed E-state index contributed by atoms with van der Waals surface area (Å²) in [5, 5.41) is 3.92. The summed E-state index contributed by atoms with van der Waals surface area (Å²) in [6.07, 6.45) is 4.07. The number of likely N-dealkylation sites (N-methyl/N-ethyl adjacent to an activating group) is 1. The molecule has 168 valence electrons. The fourth-order valence-electron chi connectivity index (χ4n) is 4.65. The van der Waals surface area contributed by atoms with Gasteiger partial charge in [-0.2, -0.15) is 0 Å². The minimum Gasteiger partial charge on any atom is -0.465 e. The summed E-state index contributed by atoms with van der Waals surface area (Å²) >= 11 is 5.65. The Labute approximate surface area is 195 Å². The molecular weight excluding hydrogens is 420 g/mol. The van der Waals surface area contributed by atoms with Gasteiger partial charge >= 0.3 is 5.97 Å². The number of carbonyl (C=O) groups excluding carboxylic acids is 1. The van der Waals surface area contributed by atoms with E-state index in [-0.39, 0.29) is 30.1 Å². The highest BCUT2D eigenvalue weighted by Gasteiger charge is 2.41. The first kappa shape index (κ1) is 22.3. The zero-order chi connectivity index (χ0) is 23.0. The van der Waals surface area contributed by atoms with Gasteiger partial charge in [-0.1, -0.05) is 18.2 Å². The molecule has 1 aromatic heterocycles. The molecule has 2 aromatic rings. The lowest BCUT2D eigenvalue weighted by Gasteiger charge is -2.41. The lowest BCUT2D eigenvalue weighted by Crippen LogP contribution is -2.42. The SMILES string of the molecule is CCOC(=O)CN1C(=S)N[C@@H](c2ccccn2)[C@@H]1c1ccc2c(c1)C(C)=CC(C)(C)N2C. The number of thiocarbonyl (C=S) groups is 1. The summed E-state index contributed by atoms with van der Waals surface area (Å²) < 4.78 is 5.22. The number of anilines is 1. The van der Waals surface area contributed by atoms with Crippen molar-refractivity contribution in [2.24, 2.45) is 0 Å². The summed E-state index contributed by atoms with van der Waals surface area (Å²) in [7, 11) is 2.12. The van der Waals surface area contributed by atoms with Crippen molar-refractivity contribution in [3.8, 4) is 0 Å². The number of carbonyl (C=O) groups is 1. The average molecular weight is 451 g/mol. The monoisotopic (exact) mass is 450 g/mol. The minimum atomic E-state index is -0.293. The van der Waals surface area contributed by atoms with Gasteiger partial charge in [0.15, 0.2) is 5.11 Å². The van der Waals surface area contributed by atoms with E-state index in [1.54, 1.807) is 6.20 Å². The van der Waals surface area contributed by atoms with Crippen LogP contribution in [-0.4, -0.2) is 46.7 Å². The van der Waals surface area contributed by atoms with Crippen LogP contribution in [0.3, 0.4) is 0 Å². The topological polar surface area (TPSA) is 57.7 Å². The zero-order valence-electron chi connectivity index (χ0n) is 19.3. The smallest absolute Gasteiger partial charge is 0.325 e. The Morgan fingerprint density at radius 1 is 1.28 bits per heavy atom. The van der Waals surface area contributed by atoms with E-state index in [1.165, 1.54) is 16.8 Å². The van der Waals surface area contributed by atoms with Crippen LogP contribution < -0.4 is 10.2 Å². The van der Waals surface area contributed by atoms with Crippen LogP contribution in [-0.2, 0) is 9.53 Å². The van der Waals surface area contributed by atoms with Crippen LogP contribution in [0.25, 0.3) is 5.57 Å². The molecule has 0 radical (unpaired) electrons. The third-order valence-electron chi connectivity index (χ3n) is 6.39. The van der Waals surface area contributed by atoms with Crippen LogP contribution >= 0.6 is 12.2 Å². The van der Waals surface area contributed by atoms with Gasteiger partial charge in [-0.15, -0.1) is 0 Å². The second kappa shape index (κ2) is 8.54. The number of ether oxygens (including phenoxy) is 1. The number of hydrogen-bond acceptors (Lipinski definition) is 5. The Morgan fingerprint density at radius 3 is 2.75 bits per heavy atom. The van der Waals surface area contributed by atoms with Crippen LogP contribution in [0.15, 0.2) is 48.7 Å². The molecule has 7 heteroatoms. The van der Waals surface area contributed by atoms with Crippen molar-refractivity contribution in [2.75, 3.05) is 25.1 Å². The molecule has 1 aromatic carbocycles. The maximum atomic E-state index is 12.4. The second-order valence-corrected chi connectivity index (χ2v) is 9.26. The van der Waals surface area contributed by atoms with Crippen molar-refractivity contribution in [3.05, 3.63) is 65.5 Å². The number of rotatable bonds is 5. The number of aromatic nitrogens is 1. The van der Waals surface area contributed by atoms with Gasteiger partial charge in [-0.3, -0.25) is 9.78 Å². The largest absolute Gasteiger partial charge is 0.465 e. The summed E-state index contributed by atoms with van der Waals surface area (Å²) in [6.45, 7) is 8.82. The predicted octanol–water partition coefficient (Wildman–Crippen LogP) is 4.25. The lowest BCUT2D eigenvalue weighted by molar-refractivity contribution is -0.143. The molecule has 0 aliphatic carbocycles. The quantitative estimate of drug-likeness (QED) is 0.540. The number of esters is 1. The summed E-state index contributed by atoms with van der Waals surface area (Å²) in [6, 6.07) is 12.0. The highest BCUT2D eigenvalue weighted by Crippen LogP contribution is 2.43. The fourth-order valence-corrected chi connectivity index (χ4v) is 4.95. The van der Waals surface area contributed by atoms with Gasteiger partial charge in [0, 0.05) is 24.5 Å². The second-order valence-electron chi connectivity index (χ2n) is 8.88. The molecule has 6 nitrogen and oxygen atoms in total. The van der Waals surface area contributed by atoms with Gasteiger partial charge in [-0.25, -0.2) is 0 Å². The highest BCUT2D eigenvalue weighted by molar-refractivity contribution is 7.80. The molecule has 1 fully saturated rings. The van der Waals surface area contributed by atoms with E-state index >= 15 is 0 Å². The van der Waals surface area contributed by atoms with E-state index in [0.29, 0.717) is 11.7 Å². The molecular formula is C25H30N4O2S. The molecule has 3 heterocycles. The summed E-state index contributed by atoms with van der Waals surface area (Å²) in [4.78, 5) is 21.2. The average Bonchev–Trinajstić information content (AvgIpc) is 3.08. The lowest BCUT2D eigenvalue weighted by atomic mass is 9.86. The normalized spacial score (nSPS) is 21.7. The van der Waals surface area contributed by atoms with Gasteiger partial charge in [-0.05, 0) is 75.3 Å². The Morgan fingerprint density at radius 2 is 2.06 bits per heavy atom. The van der Waals surface area contributed by atoms with E-state index in [9.17, 15) is 4.79 Å². The summed E-state index contributed by atoms with van der Waals surface area (Å²) in [5.74, 6) is -0.293. The molecule has 0 bridgehead atoms. The first-order valence-electron chi connectivity index (χ1n) is 10.9. The van der Waals surface area contributed by atoms with E-state index in [1.807, 2.05) is 30.0 Å². The van der Waals surface area contributed by atoms with Crippen molar-refractivity contribution in [1.82, 2.24) is 15.2 Å².